The van der Waals surface area contributed by atoms with E-state index in [4.69, 9.17) is 5.84 Å². The third-order valence-electron chi connectivity index (χ3n) is 2.38. The minimum atomic E-state index is -0.681. The molecule has 0 fully saturated rings. The lowest BCUT2D eigenvalue weighted by Crippen LogP contribution is -2.33. The standard InChI is InChI=1S/C11H18FN5O2/c1-6(2)4-8(10(18)19-3)15-9-7(12)5-14-11(16-9)17-13/h5-6,8H,4,13H2,1-3H3,(H2,14,15,16,17). The number of hydrazine groups is 1. The van der Waals surface area contributed by atoms with Crippen molar-refractivity contribution in [2.24, 2.45) is 11.8 Å². The highest BCUT2D eigenvalue weighted by atomic mass is 19.1. The van der Waals surface area contributed by atoms with Crippen molar-refractivity contribution in [1.82, 2.24) is 9.97 Å². The molecule has 1 aromatic rings. The quantitative estimate of drug-likeness (QED) is 0.401. The maximum absolute atomic E-state index is 13.6. The third kappa shape index (κ3) is 4.32. The van der Waals surface area contributed by atoms with Crippen molar-refractivity contribution in [2.75, 3.05) is 17.9 Å². The highest BCUT2D eigenvalue weighted by Crippen LogP contribution is 2.16. The number of nitrogen functional groups attached to an aromatic ring is 1. The van der Waals surface area contributed by atoms with E-state index in [-0.39, 0.29) is 17.7 Å². The predicted octanol–water partition coefficient (Wildman–Crippen LogP) is 0.901. The van der Waals surface area contributed by atoms with Crippen LogP contribution in [0.1, 0.15) is 20.3 Å². The topological polar surface area (TPSA) is 102 Å². The predicted molar refractivity (Wildman–Crippen MR) is 68.7 cm³/mol. The lowest BCUT2D eigenvalue weighted by molar-refractivity contribution is -0.141. The van der Waals surface area contributed by atoms with Gasteiger partial charge in [0, 0.05) is 0 Å². The van der Waals surface area contributed by atoms with E-state index in [1.54, 1.807) is 0 Å². The summed E-state index contributed by atoms with van der Waals surface area (Å²) in [5.41, 5.74) is 2.21. The smallest absolute Gasteiger partial charge is 0.328 e. The zero-order chi connectivity index (χ0) is 14.4. The second kappa shape index (κ2) is 6.83. The van der Waals surface area contributed by atoms with Crippen molar-refractivity contribution in [3.63, 3.8) is 0 Å². The number of hydrogen-bond acceptors (Lipinski definition) is 7. The van der Waals surface area contributed by atoms with E-state index < -0.39 is 17.8 Å². The van der Waals surface area contributed by atoms with E-state index in [1.165, 1.54) is 7.11 Å². The van der Waals surface area contributed by atoms with E-state index in [0.717, 1.165) is 6.20 Å². The molecule has 0 spiro atoms. The Labute approximate surface area is 110 Å². The molecule has 1 atom stereocenters. The van der Waals surface area contributed by atoms with Gasteiger partial charge in [0.05, 0.1) is 13.3 Å². The Kier molecular flexibility index (Phi) is 5.43. The van der Waals surface area contributed by atoms with Crippen molar-refractivity contribution in [3.05, 3.63) is 12.0 Å². The molecule has 8 heteroatoms. The first kappa shape index (κ1) is 15.1. The van der Waals surface area contributed by atoms with E-state index in [9.17, 15) is 9.18 Å². The number of halogens is 1. The number of nitrogens with one attached hydrogen (secondary N) is 2. The number of anilines is 2. The Morgan fingerprint density at radius 2 is 2.26 bits per heavy atom. The molecule has 0 radical (unpaired) electrons. The fraction of sp³-hybridized carbons (Fsp3) is 0.545. The first-order chi connectivity index (χ1) is 8.97. The Hall–Kier alpha value is -1.96. The summed E-state index contributed by atoms with van der Waals surface area (Å²) in [5.74, 6) is 4.19. The molecular weight excluding hydrogens is 253 g/mol. The summed E-state index contributed by atoms with van der Waals surface area (Å²) in [5, 5.41) is 2.71. The highest BCUT2D eigenvalue weighted by Gasteiger charge is 2.22. The van der Waals surface area contributed by atoms with E-state index in [0.29, 0.717) is 6.42 Å². The first-order valence-electron chi connectivity index (χ1n) is 5.81. The normalized spacial score (nSPS) is 12.1. The summed E-state index contributed by atoms with van der Waals surface area (Å²) in [7, 11) is 1.28. The van der Waals surface area contributed by atoms with Crippen molar-refractivity contribution in [1.29, 1.82) is 0 Å². The molecule has 0 aliphatic carbocycles. The monoisotopic (exact) mass is 271 g/mol. The van der Waals surface area contributed by atoms with Crippen LogP contribution in [0.3, 0.4) is 0 Å². The molecule has 1 rings (SSSR count). The van der Waals surface area contributed by atoms with E-state index >= 15 is 0 Å². The molecule has 0 aliphatic rings. The van der Waals surface area contributed by atoms with Crippen molar-refractivity contribution in [2.45, 2.75) is 26.3 Å². The van der Waals surface area contributed by atoms with Gasteiger partial charge < -0.3 is 10.1 Å². The largest absolute Gasteiger partial charge is 0.467 e. The number of nitrogens with zero attached hydrogens (tertiary/aromatic N) is 2. The second-order valence-electron chi connectivity index (χ2n) is 4.38. The van der Waals surface area contributed by atoms with Gasteiger partial charge in [-0.05, 0) is 12.3 Å². The number of nitrogens with two attached hydrogens (primary N) is 1. The van der Waals surface area contributed by atoms with Crippen molar-refractivity contribution in [3.8, 4) is 0 Å². The van der Waals surface area contributed by atoms with Gasteiger partial charge in [0.1, 0.15) is 6.04 Å². The molecular formula is C11H18FN5O2. The Morgan fingerprint density at radius 3 is 2.79 bits per heavy atom. The molecule has 0 aromatic carbocycles. The van der Waals surface area contributed by atoms with Crippen LogP contribution in [-0.4, -0.2) is 29.1 Å². The molecule has 19 heavy (non-hydrogen) atoms. The van der Waals surface area contributed by atoms with Crippen LogP contribution >= 0.6 is 0 Å². The van der Waals surface area contributed by atoms with Gasteiger partial charge in [0.15, 0.2) is 11.6 Å². The molecule has 1 unspecified atom stereocenters. The van der Waals surface area contributed by atoms with Crippen LogP contribution in [-0.2, 0) is 9.53 Å². The third-order valence-corrected chi connectivity index (χ3v) is 2.38. The molecule has 0 bridgehead atoms. The van der Waals surface area contributed by atoms with Gasteiger partial charge in [0.2, 0.25) is 5.95 Å². The number of ether oxygens (including phenoxy) is 1. The van der Waals surface area contributed by atoms with E-state index in [2.05, 4.69) is 25.4 Å². The molecule has 1 heterocycles. The van der Waals surface area contributed by atoms with Gasteiger partial charge in [-0.15, -0.1) is 0 Å². The Balaban J connectivity index is 2.91. The molecule has 0 aliphatic heterocycles. The van der Waals surface area contributed by atoms with Gasteiger partial charge in [-0.1, -0.05) is 13.8 Å². The van der Waals surface area contributed by atoms with E-state index in [1.807, 2.05) is 13.8 Å². The number of methoxy groups -OCH3 is 1. The maximum Gasteiger partial charge on any atom is 0.328 e. The lowest BCUT2D eigenvalue weighted by atomic mass is 10.0. The number of esters is 1. The van der Waals surface area contributed by atoms with Gasteiger partial charge in [0.25, 0.3) is 0 Å². The minimum Gasteiger partial charge on any atom is -0.467 e. The maximum atomic E-state index is 13.6. The van der Waals surface area contributed by atoms with Crippen LogP contribution in [0.4, 0.5) is 16.2 Å². The van der Waals surface area contributed by atoms with Crippen molar-refractivity contribution >= 4 is 17.7 Å². The average molecular weight is 271 g/mol. The van der Waals surface area contributed by atoms with Gasteiger partial charge in [-0.3, -0.25) is 5.43 Å². The summed E-state index contributed by atoms with van der Waals surface area (Å²) in [6.07, 6.45) is 1.45. The molecule has 0 amide bonds. The molecule has 1 aromatic heterocycles. The number of hydrogen-bond donors (Lipinski definition) is 3. The molecule has 4 N–H and O–H groups in total. The summed E-state index contributed by atoms with van der Waals surface area (Å²) < 4.78 is 18.2. The summed E-state index contributed by atoms with van der Waals surface area (Å²) >= 11 is 0. The number of carbonyl (C=O) groups is 1. The Bertz CT molecular complexity index is 441. The summed E-state index contributed by atoms with van der Waals surface area (Å²) in [4.78, 5) is 19.1. The molecule has 0 saturated carbocycles. The van der Waals surface area contributed by atoms with Crippen molar-refractivity contribution < 1.29 is 13.9 Å². The average Bonchev–Trinajstić information content (AvgIpc) is 2.38. The van der Waals surface area contributed by atoms with Gasteiger partial charge >= 0.3 is 5.97 Å². The van der Waals surface area contributed by atoms with Crippen LogP contribution in [0.2, 0.25) is 0 Å². The minimum absolute atomic E-state index is 0.0528. The number of rotatable bonds is 6. The molecule has 0 saturated heterocycles. The SMILES string of the molecule is COC(=O)C(CC(C)C)Nc1nc(NN)ncc1F. The van der Waals surface area contributed by atoms with Crippen LogP contribution < -0.4 is 16.6 Å². The fourth-order valence-corrected chi connectivity index (χ4v) is 1.53. The number of carbonyl (C=O) groups excluding carboxylic acids is 1. The molecule has 106 valence electrons. The van der Waals surface area contributed by atoms with Crippen LogP contribution in [0.25, 0.3) is 0 Å². The molecule has 7 nitrogen and oxygen atoms in total. The van der Waals surface area contributed by atoms with Crippen LogP contribution in [0.15, 0.2) is 6.20 Å². The summed E-state index contributed by atoms with van der Waals surface area (Å²) in [6, 6.07) is -0.681. The van der Waals surface area contributed by atoms with Crippen LogP contribution in [0.5, 0.6) is 0 Å². The van der Waals surface area contributed by atoms with Gasteiger partial charge in [-0.2, -0.15) is 4.98 Å². The zero-order valence-electron chi connectivity index (χ0n) is 11.1. The second-order valence-corrected chi connectivity index (χ2v) is 4.38. The highest BCUT2D eigenvalue weighted by molar-refractivity contribution is 5.78. The number of aromatic nitrogens is 2. The van der Waals surface area contributed by atoms with Crippen LogP contribution in [0, 0.1) is 11.7 Å². The fourth-order valence-electron chi connectivity index (χ4n) is 1.53. The zero-order valence-corrected chi connectivity index (χ0v) is 11.1. The first-order valence-corrected chi connectivity index (χ1v) is 5.81. The Morgan fingerprint density at radius 1 is 1.58 bits per heavy atom. The summed E-state index contributed by atoms with van der Waals surface area (Å²) in [6.45, 7) is 3.89. The van der Waals surface area contributed by atoms with Gasteiger partial charge in [-0.25, -0.2) is 20.0 Å². The lowest BCUT2D eigenvalue weighted by Gasteiger charge is -2.19.